The van der Waals surface area contributed by atoms with Crippen molar-refractivity contribution in [3.63, 3.8) is 0 Å². The molecular formula is C27H40N4O7. The first-order valence-electron chi connectivity index (χ1n) is 13.6. The van der Waals surface area contributed by atoms with Gasteiger partial charge in [-0.05, 0) is 37.0 Å². The Morgan fingerprint density at radius 1 is 1.13 bits per heavy atom. The molecule has 0 bridgehead atoms. The first-order chi connectivity index (χ1) is 18.3. The van der Waals surface area contributed by atoms with Crippen LogP contribution in [0.1, 0.15) is 44.1 Å². The first kappa shape index (κ1) is 28.0. The van der Waals surface area contributed by atoms with Crippen molar-refractivity contribution in [2.75, 3.05) is 66.3 Å². The van der Waals surface area contributed by atoms with E-state index in [1.165, 1.54) is 0 Å². The van der Waals surface area contributed by atoms with Crippen LogP contribution in [0.4, 0.5) is 4.79 Å². The molecule has 0 spiro atoms. The van der Waals surface area contributed by atoms with Crippen molar-refractivity contribution in [1.29, 1.82) is 0 Å². The van der Waals surface area contributed by atoms with Gasteiger partial charge in [-0.3, -0.25) is 14.5 Å². The minimum atomic E-state index is -0.916. The highest BCUT2D eigenvalue weighted by molar-refractivity contribution is 5.79. The summed E-state index contributed by atoms with van der Waals surface area (Å²) >= 11 is 0. The van der Waals surface area contributed by atoms with E-state index in [-0.39, 0.29) is 37.8 Å². The monoisotopic (exact) mass is 532 g/mol. The zero-order valence-electron chi connectivity index (χ0n) is 22.4. The molecule has 11 nitrogen and oxygen atoms in total. The molecule has 3 aliphatic rings. The summed E-state index contributed by atoms with van der Waals surface area (Å²) in [4.78, 5) is 45.8. The second kappa shape index (κ2) is 12.7. The molecule has 2 N–H and O–H groups in total. The number of carboxylic acid groups (broad SMARTS) is 1. The quantitative estimate of drug-likeness (QED) is 0.393. The number of aliphatic hydroxyl groups is 1. The lowest BCUT2D eigenvalue weighted by molar-refractivity contribution is -0.144. The van der Waals surface area contributed by atoms with Crippen LogP contribution in [0.15, 0.2) is 18.2 Å². The maximum atomic E-state index is 13.4. The fourth-order valence-electron chi connectivity index (χ4n) is 5.78. The van der Waals surface area contributed by atoms with E-state index in [0.717, 1.165) is 18.4 Å². The van der Waals surface area contributed by atoms with Gasteiger partial charge in [0.15, 0.2) is 11.5 Å². The second-order valence-corrected chi connectivity index (χ2v) is 10.4. The normalized spacial score (nSPS) is 22.9. The standard InChI is InChI=1S/C27H40N4O7/c1-3-4-9-29(10-5-14-32)24(33)17-31-16-20(19-6-7-22-23(15-19)38-18-37-22)25(26(34)35)21(31)8-11-30-13-12-28(2)27(30)36/h6-7,15,20-21,25,32H,3-5,8-14,16-18H2,1-2H3,(H,34,35). The number of unbranched alkanes of at least 4 members (excludes halogenated alkanes) is 1. The van der Waals surface area contributed by atoms with Gasteiger partial charge in [0.1, 0.15) is 0 Å². The summed E-state index contributed by atoms with van der Waals surface area (Å²) in [5, 5.41) is 19.7. The molecule has 0 saturated carbocycles. The number of aliphatic carboxylic acids is 1. The van der Waals surface area contributed by atoms with E-state index < -0.39 is 17.9 Å². The average molecular weight is 533 g/mol. The van der Waals surface area contributed by atoms with Gasteiger partial charge in [0, 0.05) is 64.9 Å². The molecule has 0 aromatic heterocycles. The van der Waals surface area contributed by atoms with Gasteiger partial charge in [0.2, 0.25) is 12.7 Å². The summed E-state index contributed by atoms with van der Waals surface area (Å²) in [7, 11) is 1.76. The smallest absolute Gasteiger partial charge is 0.319 e. The molecule has 3 unspecified atom stereocenters. The van der Waals surface area contributed by atoms with Crippen molar-refractivity contribution in [1.82, 2.24) is 19.6 Å². The minimum absolute atomic E-state index is 0.00777. The Morgan fingerprint density at radius 3 is 2.58 bits per heavy atom. The lowest BCUT2D eigenvalue weighted by Gasteiger charge is -2.30. The Bertz CT molecular complexity index is 998. The number of carboxylic acids is 1. The fraction of sp³-hybridized carbons (Fsp3) is 0.667. The number of amides is 3. The number of likely N-dealkylation sites (tertiary alicyclic amines) is 1. The molecule has 4 rings (SSSR count). The highest BCUT2D eigenvalue weighted by atomic mass is 16.7. The van der Waals surface area contributed by atoms with Crippen LogP contribution in [-0.2, 0) is 9.59 Å². The maximum absolute atomic E-state index is 13.4. The highest BCUT2D eigenvalue weighted by Crippen LogP contribution is 2.42. The number of benzene rings is 1. The topological polar surface area (TPSA) is 123 Å². The Labute approximate surface area is 223 Å². The zero-order valence-corrected chi connectivity index (χ0v) is 22.4. The van der Waals surface area contributed by atoms with E-state index >= 15 is 0 Å². The third kappa shape index (κ3) is 6.15. The molecule has 1 aromatic rings. The number of aliphatic hydroxyl groups excluding tert-OH is 1. The Morgan fingerprint density at radius 2 is 1.89 bits per heavy atom. The number of carbonyl (C=O) groups is 3. The van der Waals surface area contributed by atoms with Crippen LogP contribution in [0.5, 0.6) is 11.5 Å². The number of hydrogen-bond acceptors (Lipinski definition) is 7. The predicted octanol–water partition coefficient (Wildman–Crippen LogP) is 1.65. The summed E-state index contributed by atoms with van der Waals surface area (Å²) < 4.78 is 11.0. The van der Waals surface area contributed by atoms with Crippen molar-refractivity contribution in [2.24, 2.45) is 5.92 Å². The van der Waals surface area contributed by atoms with Crippen LogP contribution in [0.3, 0.4) is 0 Å². The molecule has 38 heavy (non-hydrogen) atoms. The number of carbonyl (C=O) groups excluding carboxylic acids is 2. The van der Waals surface area contributed by atoms with Gasteiger partial charge in [-0.25, -0.2) is 4.79 Å². The van der Waals surface area contributed by atoms with Gasteiger partial charge >= 0.3 is 12.0 Å². The van der Waals surface area contributed by atoms with Gasteiger partial charge in [0.25, 0.3) is 0 Å². The van der Waals surface area contributed by atoms with E-state index in [1.54, 1.807) is 27.8 Å². The van der Waals surface area contributed by atoms with Crippen molar-refractivity contribution in [2.45, 2.75) is 44.6 Å². The summed E-state index contributed by atoms with van der Waals surface area (Å²) in [5.74, 6) is -0.851. The van der Waals surface area contributed by atoms with Crippen LogP contribution in [0.2, 0.25) is 0 Å². The van der Waals surface area contributed by atoms with Crippen LogP contribution < -0.4 is 9.47 Å². The van der Waals surface area contributed by atoms with Gasteiger partial charge in [-0.2, -0.15) is 0 Å². The molecule has 1 aromatic carbocycles. The molecular weight excluding hydrogens is 492 g/mol. The number of nitrogens with zero attached hydrogens (tertiary/aromatic N) is 4. The van der Waals surface area contributed by atoms with E-state index in [2.05, 4.69) is 6.92 Å². The van der Waals surface area contributed by atoms with Crippen LogP contribution >= 0.6 is 0 Å². The number of hydrogen-bond donors (Lipinski definition) is 2. The van der Waals surface area contributed by atoms with E-state index in [1.807, 2.05) is 17.0 Å². The van der Waals surface area contributed by atoms with Crippen LogP contribution in [-0.4, -0.2) is 120 Å². The third-order valence-corrected chi connectivity index (χ3v) is 7.91. The lowest BCUT2D eigenvalue weighted by Crippen LogP contribution is -2.46. The van der Waals surface area contributed by atoms with Gasteiger partial charge in [0.05, 0.1) is 12.5 Å². The molecule has 0 radical (unpaired) electrons. The first-order valence-corrected chi connectivity index (χ1v) is 13.6. The second-order valence-electron chi connectivity index (χ2n) is 10.4. The molecule has 3 heterocycles. The van der Waals surface area contributed by atoms with Crippen molar-refractivity contribution >= 4 is 17.9 Å². The SMILES string of the molecule is CCCCN(CCCO)C(=O)CN1CC(c2ccc3c(c2)OCO3)C(C(=O)O)C1CCN1CCN(C)C1=O. The van der Waals surface area contributed by atoms with E-state index in [9.17, 15) is 24.6 Å². The summed E-state index contributed by atoms with van der Waals surface area (Å²) in [6, 6.07) is 5.05. The molecule has 2 saturated heterocycles. The maximum Gasteiger partial charge on any atom is 0.319 e. The average Bonchev–Trinajstić information content (AvgIpc) is 3.60. The molecule has 210 valence electrons. The lowest BCUT2D eigenvalue weighted by atomic mass is 9.84. The van der Waals surface area contributed by atoms with E-state index in [0.29, 0.717) is 63.6 Å². The molecule has 3 aliphatic heterocycles. The minimum Gasteiger partial charge on any atom is -0.481 e. The van der Waals surface area contributed by atoms with Crippen molar-refractivity contribution in [3.05, 3.63) is 23.8 Å². The summed E-state index contributed by atoms with van der Waals surface area (Å²) in [5.41, 5.74) is 0.835. The Kier molecular flexibility index (Phi) is 9.32. The van der Waals surface area contributed by atoms with E-state index in [4.69, 9.17) is 9.47 Å². The fourth-order valence-corrected chi connectivity index (χ4v) is 5.78. The molecule has 3 amide bonds. The number of likely N-dealkylation sites (N-methyl/N-ethyl adjacent to an activating group) is 1. The summed E-state index contributed by atoms with van der Waals surface area (Å²) in [6.07, 6.45) is 2.76. The molecule has 2 fully saturated rings. The number of rotatable bonds is 13. The Hall–Kier alpha value is -3.05. The van der Waals surface area contributed by atoms with Gasteiger partial charge in [-0.1, -0.05) is 19.4 Å². The van der Waals surface area contributed by atoms with Crippen LogP contribution in [0.25, 0.3) is 0 Å². The predicted molar refractivity (Wildman–Crippen MR) is 139 cm³/mol. The number of ether oxygens (including phenoxy) is 2. The number of urea groups is 1. The number of fused-ring (bicyclic) bond motifs is 1. The zero-order chi connectivity index (χ0) is 27.2. The summed E-state index contributed by atoms with van der Waals surface area (Å²) in [6.45, 7) is 5.47. The van der Waals surface area contributed by atoms with Crippen molar-refractivity contribution in [3.8, 4) is 11.5 Å². The largest absolute Gasteiger partial charge is 0.481 e. The molecule has 3 atom stereocenters. The molecule has 0 aliphatic carbocycles. The molecule has 11 heteroatoms. The highest BCUT2D eigenvalue weighted by Gasteiger charge is 2.47. The van der Waals surface area contributed by atoms with Gasteiger partial charge < -0.3 is 34.4 Å². The Balaban J connectivity index is 1.57. The van der Waals surface area contributed by atoms with Crippen LogP contribution in [0, 0.1) is 5.92 Å². The van der Waals surface area contributed by atoms with Gasteiger partial charge in [-0.15, -0.1) is 0 Å². The third-order valence-electron chi connectivity index (χ3n) is 7.91. The van der Waals surface area contributed by atoms with Crippen molar-refractivity contribution < 1.29 is 34.1 Å².